The third kappa shape index (κ3) is 6.40. The van der Waals surface area contributed by atoms with Crippen molar-refractivity contribution in [1.82, 2.24) is 5.32 Å². The predicted octanol–water partition coefficient (Wildman–Crippen LogP) is 0.290. The summed E-state index contributed by atoms with van der Waals surface area (Å²) in [6.07, 6.45) is 0.379. The zero-order chi connectivity index (χ0) is 14.8. The normalized spacial score (nSPS) is 11.9. The summed E-state index contributed by atoms with van der Waals surface area (Å²) in [4.78, 5) is 10.5. The molecule has 0 aliphatic carbocycles. The van der Waals surface area contributed by atoms with Gasteiger partial charge in [-0.3, -0.25) is 4.79 Å². The number of ether oxygens (including phenoxy) is 2. The summed E-state index contributed by atoms with van der Waals surface area (Å²) in [6, 6.07) is 7.27. The summed E-state index contributed by atoms with van der Waals surface area (Å²) in [5.74, 6) is 0.920. The number of aliphatic hydroxyl groups is 1. The topological polar surface area (TPSA) is 93.8 Å². The second kappa shape index (κ2) is 9.17. The van der Waals surface area contributed by atoms with Crippen molar-refractivity contribution < 1.29 is 19.4 Å². The zero-order valence-corrected chi connectivity index (χ0v) is 11.7. The van der Waals surface area contributed by atoms with Crippen LogP contribution in [0.1, 0.15) is 12.8 Å². The number of nitrogens with one attached hydrogen (secondary N) is 1. The van der Waals surface area contributed by atoms with Gasteiger partial charge in [-0.1, -0.05) is 12.1 Å². The molecule has 1 aromatic carbocycles. The van der Waals surface area contributed by atoms with E-state index >= 15 is 0 Å². The number of hydrogen-bond acceptors (Lipinski definition) is 5. The Hall–Kier alpha value is -1.79. The van der Waals surface area contributed by atoms with E-state index in [9.17, 15) is 9.90 Å². The number of primary amides is 1. The Bertz CT molecular complexity index is 412. The molecule has 6 nitrogen and oxygen atoms in total. The van der Waals surface area contributed by atoms with Crippen LogP contribution in [0.15, 0.2) is 24.3 Å². The molecule has 0 saturated carbocycles. The van der Waals surface area contributed by atoms with E-state index in [4.69, 9.17) is 15.2 Å². The van der Waals surface area contributed by atoms with E-state index in [1.165, 1.54) is 0 Å². The van der Waals surface area contributed by atoms with Crippen molar-refractivity contribution in [1.29, 1.82) is 0 Å². The average Bonchev–Trinajstić information content (AvgIpc) is 2.44. The lowest BCUT2D eigenvalue weighted by atomic mass is 10.3. The Morgan fingerprint density at radius 3 is 2.75 bits per heavy atom. The molecule has 20 heavy (non-hydrogen) atoms. The van der Waals surface area contributed by atoms with Gasteiger partial charge in [-0.2, -0.15) is 0 Å². The number of carbonyl (C=O) groups is 1. The highest BCUT2D eigenvalue weighted by Crippen LogP contribution is 2.25. The number of para-hydroxylation sites is 2. The SMILES string of the molecule is COc1ccccc1OCC(O)CNCCCC(N)=O. The number of hydrogen-bond donors (Lipinski definition) is 3. The van der Waals surface area contributed by atoms with Gasteiger partial charge in [-0.05, 0) is 25.1 Å². The van der Waals surface area contributed by atoms with Gasteiger partial charge in [-0.15, -0.1) is 0 Å². The second-order valence-electron chi connectivity index (χ2n) is 4.39. The van der Waals surface area contributed by atoms with Crippen molar-refractivity contribution in [2.45, 2.75) is 18.9 Å². The molecule has 1 amide bonds. The zero-order valence-electron chi connectivity index (χ0n) is 11.7. The van der Waals surface area contributed by atoms with E-state index in [2.05, 4.69) is 5.32 Å². The van der Waals surface area contributed by atoms with E-state index in [0.717, 1.165) is 0 Å². The van der Waals surface area contributed by atoms with Gasteiger partial charge in [0, 0.05) is 13.0 Å². The molecule has 0 radical (unpaired) electrons. The summed E-state index contributed by atoms with van der Waals surface area (Å²) in [6.45, 7) is 1.20. The molecule has 0 aromatic heterocycles. The molecule has 0 heterocycles. The fourth-order valence-electron chi connectivity index (χ4n) is 1.64. The first kappa shape index (κ1) is 16.3. The summed E-state index contributed by atoms with van der Waals surface area (Å²) >= 11 is 0. The molecule has 0 fully saturated rings. The van der Waals surface area contributed by atoms with Crippen LogP contribution < -0.4 is 20.5 Å². The van der Waals surface area contributed by atoms with Crippen LogP contribution in [0.25, 0.3) is 0 Å². The Kier molecular flexibility index (Phi) is 7.46. The van der Waals surface area contributed by atoms with E-state index < -0.39 is 6.10 Å². The van der Waals surface area contributed by atoms with Crippen LogP contribution in [0.4, 0.5) is 0 Å². The first-order chi connectivity index (χ1) is 9.63. The number of methoxy groups -OCH3 is 1. The standard InChI is InChI=1S/C14H22N2O4/c1-19-12-5-2-3-6-13(12)20-10-11(17)9-16-8-4-7-14(15)18/h2-3,5-6,11,16-17H,4,7-10H2,1H3,(H2,15,18). The molecular formula is C14H22N2O4. The van der Waals surface area contributed by atoms with Crippen LogP contribution in [0.3, 0.4) is 0 Å². The molecule has 1 atom stereocenters. The second-order valence-corrected chi connectivity index (χ2v) is 4.39. The molecule has 1 aromatic rings. The highest BCUT2D eigenvalue weighted by Gasteiger charge is 2.07. The quantitative estimate of drug-likeness (QED) is 0.536. The molecular weight excluding hydrogens is 260 g/mol. The molecule has 1 unspecified atom stereocenters. The highest BCUT2D eigenvalue weighted by atomic mass is 16.5. The van der Waals surface area contributed by atoms with Crippen LogP contribution >= 0.6 is 0 Å². The summed E-state index contributed by atoms with van der Waals surface area (Å²) < 4.78 is 10.6. The van der Waals surface area contributed by atoms with Crippen molar-refractivity contribution in [3.63, 3.8) is 0 Å². The number of rotatable bonds is 10. The molecule has 0 aliphatic rings. The summed E-state index contributed by atoms with van der Waals surface area (Å²) in [5, 5.41) is 12.8. The Morgan fingerprint density at radius 1 is 1.40 bits per heavy atom. The average molecular weight is 282 g/mol. The molecule has 0 saturated heterocycles. The van der Waals surface area contributed by atoms with Crippen molar-refractivity contribution in [3.05, 3.63) is 24.3 Å². The fraction of sp³-hybridized carbons (Fsp3) is 0.500. The van der Waals surface area contributed by atoms with Gasteiger partial charge in [0.05, 0.1) is 7.11 Å². The number of aliphatic hydroxyl groups excluding tert-OH is 1. The molecule has 0 spiro atoms. The van der Waals surface area contributed by atoms with Crippen molar-refractivity contribution in [3.8, 4) is 11.5 Å². The lowest BCUT2D eigenvalue weighted by Gasteiger charge is -2.14. The van der Waals surface area contributed by atoms with E-state index in [1.54, 1.807) is 19.2 Å². The third-order valence-corrected chi connectivity index (χ3v) is 2.66. The number of amides is 1. The van der Waals surface area contributed by atoms with Crippen LogP contribution in [0, 0.1) is 0 Å². The maximum absolute atomic E-state index is 10.5. The Balaban J connectivity index is 2.19. The maximum atomic E-state index is 10.5. The number of benzene rings is 1. The molecule has 112 valence electrons. The molecule has 6 heteroatoms. The van der Waals surface area contributed by atoms with Gasteiger partial charge in [-0.25, -0.2) is 0 Å². The van der Waals surface area contributed by atoms with Crippen molar-refractivity contribution >= 4 is 5.91 Å². The van der Waals surface area contributed by atoms with Crippen LogP contribution in [-0.2, 0) is 4.79 Å². The van der Waals surface area contributed by atoms with Crippen molar-refractivity contribution in [2.75, 3.05) is 26.8 Å². The van der Waals surface area contributed by atoms with Crippen molar-refractivity contribution in [2.24, 2.45) is 5.73 Å². The minimum absolute atomic E-state index is 0.170. The minimum Gasteiger partial charge on any atom is -0.493 e. The smallest absolute Gasteiger partial charge is 0.217 e. The van der Waals surface area contributed by atoms with Gasteiger partial charge in [0.25, 0.3) is 0 Å². The summed E-state index contributed by atoms with van der Waals surface area (Å²) in [5.41, 5.74) is 5.03. The monoisotopic (exact) mass is 282 g/mol. The van der Waals surface area contributed by atoms with Gasteiger partial charge in [0.2, 0.25) is 5.91 Å². The first-order valence-electron chi connectivity index (χ1n) is 6.56. The molecule has 0 aliphatic heterocycles. The largest absolute Gasteiger partial charge is 0.493 e. The van der Waals surface area contributed by atoms with E-state index in [1.807, 2.05) is 12.1 Å². The van der Waals surface area contributed by atoms with Crippen LogP contribution in [0.2, 0.25) is 0 Å². The van der Waals surface area contributed by atoms with E-state index in [-0.39, 0.29) is 12.5 Å². The van der Waals surface area contributed by atoms with Crippen LogP contribution in [-0.4, -0.2) is 43.9 Å². The molecule has 4 N–H and O–H groups in total. The lowest BCUT2D eigenvalue weighted by Crippen LogP contribution is -2.32. The minimum atomic E-state index is -0.631. The Morgan fingerprint density at radius 2 is 2.10 bits per heavy atom. The highest BCUT2D eigenvalue weighted by molar-refractivity contribution is 5.73. The summed E-state index contributed by atoms with van der Waals surface area (Å²) in [7, 11) is 1.57. The van der Waals surface area contributed by atoms with Gasteiger partial charge in [0.1, 0.15) is 12.7 Å². The Labute approximate surface area is 118 Å². The molecule has 1 rings (SSSR count). The first-order valence-corrected chi connectivity index (χ1v) is 6.56. The van der Waals surface area contributed by atoms with Gasteiger partial charge >= 0.3 is 0 Å². The maximum Gasteiger partial charge on any atom is 0.217 e. The number of nitrogens with two attached hydrogens (primary N) is 1. The van der Waals surface area contributed by atoms with E-state index in [0.29, 0.717) is 37.4 Å². The lowest BCUT2D eigenvalue weighted by molar-refractivity contribution is -0.118. The third-order valence-electron chi connectivity index (χ3n) is 2.66. The van der Waals surface area contributed by atoms with Gasteiger partial charge in [0.15, 0.2) is 11.5 Å². The molecule has 0 bridgehead atoms. The number of carbonyl (C=O) groups excluding carboxylic acids is 1. The predicted molar refractivity (Wildman–Crippen MR) is 75.8 cm³/mol. The van der Waals surface area contributed by atoms with Gasteiger partial charge < -0.3 is 25.6 Å². The van der Waals surface area contributed by atoms with Crippen LogP contribution in [0.5, 0.6) is 11.5 Å². The fourth-order valence-corrected chi connectivity index (χ4v) is 1.64.